The van der Waals surface area contributed by atoms with Crippen LogP contribution in [0.5, 0.6) is 0 Å². The van der Waals surface area contributed by atoms with Gasteiger partial charge in [0.25, 0.3) is 0 Å². The molecule has 0 aliphatic carbocycles. The Morgan fingerprint density at radius 2 is 2.09 bits per heavy atom. The largest absolute Gasteiger partial charge is 0.699 e. The molecule has 0 bridgehead atoms. The van der Waals surface area contributed by atoms with Crippen LogP contribution in [0.25, 0.3) is 5.73 Å². The van der Waals surface area contributed by atoms with Crippen LogP contribution in [-0.2, 0) is 0 Å². The molecule has 0 amide bonds. The minimum Gasteiger partial charge on any atom is -0.699 e. The predicted molar refractivity (Wildman–Crippen MR) is 40.5 cm³/mol. The fraction of sp³-hybridized carbons (Fsp3) is 0.125. The SMILES string of the molecule is Cc1cc([NH-])ccc1C=O.[Ac]. The molecule has 0 heterocycles. The molecule has 1 radical (unpaired) electrons. The minimum absolute atomic E-state index is 0. The Hall–Kier alpha value is 0.132. The Morgan fingerprint density at radius 3 is 2.55 bits per heavy atom. The molecule has 0 atom stereocenters. The third-order valence-electron chi connectivity index (χ3n) is 1.40. The van der Waals surface area contributed by atoms with Crippen molar-refractivity contribution in [2.24, 2.45) is 0 Å². The van der Waals surface area contributed by atoms with Crippen molar-refractivity contribution in [3.63, 3.8) is 0 Å². The van der Waals surface area contributed by atoms with Crippen molar-refractivity contribution < 1.29 is 48.9 Å². The van der Waals surface area contributed by atoms with Gasteiger partial charge in [-0.15, -0.1) is 5.69 Å². The van der Waals surface area contributed by atoms with E-state index in [4.69, 9.17) is 5.73 Å². The number of aryl methyl sites for hydroxylation is 1. The van der Waals surface area contributed by atoms with Crippen LogP contribution in [0.4, 0.5) is 5.69 Å². The molecule has 1 aromatic carbocycles. The summed E-state index contributed by atoms with van der Waals surface area (Å²) in [5.74, 6) is 0. The van der Waals surface area contributed by atoms with E-state index in [9.17, 15) is 4.79 Å². The van der Waals surface area contributed by atoms with Gasteiger partial charge in [0.2, 0.25) is 0 Å². The Morgan fingerprint density at radius 1 is 1.45 bits per heavy atom. The molecule has 1 rings (SSSR count). The van der Waals surface area contributed by atoms with Crippen LogP contribution < -0.4 is 0 Å². The first kappa shape index (κ1) is 11.1. The van der Waals surface area contributed by atoms with Crippen LogP contribution in [-0.4, -0.2) is 6.29 Å². The maximum absolute atomic E-state index is 10.3. The van der Waals surface area contributed by atoms with Gasteiger partial charge in [-0.3, -0.25) is 4.79 Å². The summed E-state index contributed by atoms with van der Waals surface area (Å²) in [4.78, 5) is 10.3. The van der Waals surface area contributed by atoms with Gasteiger partial charge in [0, 0.05) is 49.6 Å². The van der Waals surface area contributed by atoms with Gasteiger partial charge in [-0.2, -0.15) is 0 Å². The first-order chi connectivity index (χ1) is 4.74. The normalized spacial score (nSPS) is 8.45. The van der Waals surface area contributed by atoms with Crippen molar-refractivity contribution in [3.05, 3.63) is 35.1 Å². The van der Waals surface area contributed by atoms with Crippen LogP contribution in [0.1, 0.15) is 15.9 Å². The van der Waals surface area contributed by atoms with Gasteiger partial charge < -0.3 is 5.73 Å². The van der Waals surface area contributed by atoms with E-state index >= 15 is 0 Å². The first-order valence-electron chi connectivity index (χ1n) is 3.01. The summed E-state index contributed by atoms with van der Waals surface area (Å²) in [6.07, 6.45) is 0.800. The number of benzene rings is 1. The van der Waals surface area contributed by atoms with Crippen LogP contribution >= 0.6 is 0 Å². The summed E-state index contributed by atoms with van der Waals surface area (Å²) in [7, 11) is 0. The Labute approximate surface area is 102 Å². The molecule has 1 N–H and O–H groups in total. The summed E-state index contributed by atoms with van der Waals surface area (Å²) in [5, 5.41) is 0. The zero-order chi connectivity index (χ0) is 7.56. The number of hydrogen-bond donors (Lipinski definition) is 0. The molecular formula is C8H8AcNO-. The zero-order valence-electron chi connectivity index (χ0n) is 6.29. The summed E-state index contributed by atoms with van der Waals surface area (Å²) in [6.45, 7) is 1.82. The predicted octanol–water partition coefficient (Wildman–Crippen LogP) is 2.49. The molecule has 2 nitrogen and oxygen atoms in total. The summed E-state index contributed by atoms with van der Waals surface area (Å²) >= 11 is 0. The Balaban J connectivity index is 0.000001000. The van der Waals surface area contributed by atoms with E-state index in [-0.39, 0.29) is 44.1 Å². The summed E-state index contributed by atoms with van der Waals surface area (Å²) in [5.41, 5.74) is 9.17. The van der Waals surface area contributed by atoms with Crippen LogP contribution in [0, 0.1) is 51.0 Å². The molecule has 3 heteroatoms. The molecule has 0 aliphatic rings. The second-order valence-corrected chi connectivity index (χ2v) is 2.19. The average Bonchev–Trinajstić information content (AvgIpc) is 1.88. The van der Waals surface area contributed by atoms with Gasteiger partial charge in [0.15, 0.2) is 0 Å². The van der Waals surface area contributed by atoms with Gasteiger partial charge in [-0.25, -0.2) is 0 Å². The average molecular weight is 361 g/mol. The standard InChI is InChI=1S/C8H9NO.Ac/c1-6-4-8(9)3-2-7(6)5-10;/h2-5H,1H3,(H2,9,10);/p-1. The molecule has 0 saturated heterocycles. The molecule has 1 aromatic rings. The van der Waals surface area contributed by atoms with Gasteiger partial charge in [0.1, 0.15) is 6.29 Å². The minimum atomic E-state index is 0. The maximum Gasteiger partial charge on any atom is 0.150 e. The number of nitrogens with one attached hydrogen (secondary N) is 1. The molecule has 0 unspecified atom stereocenters. The molecule has 0 fully saturated rings. The third kappa shape index (κ3) is 2.93. The second-order valence-electron chi connectivity index (χ2n) is 2.19. The van der Waals surface area contributed by atoms with Crippen molar-refractivity contribution in [3.8, 4) is 0 Å². The van der Waals surface area contributed by atoms with Crippen molar-refractivity contribution in [1.82, 2.24) is 0 Å². The topological polar surface area (TPSA) is 40.9 Å². The van der Waals surface area contributed by atoms with Crippen molar-refractivity contribution in [1.29, 1.82) is 0 Å². The van der Waals surface area contributed by atoms with Crippen LogP contribution in [0.15, 0.2) is 18.2 Å². The van der Waals surface area contributed by atoms with Crippen molar-refractivity contribution >= 4 is 12.0 Å². The molecule has 0 spiro atoms. The van der Waals surface area contributed by atoms with E-state index in [1.54, 1.807) is 18.2 Å². The van der Waals surface area contributed by atoms with E-state index in [1.165, 1.54) is 0 Å². The van der Waals surface area contributed by atoms with E-state index < -0.39 is 0 Å². The van der Waals surface area contributed by atoms with Gasteiger partial charge in [0.05, 0.1) is 0 Å². The number of carbonyl (C=O) groups is 1. The molecular weight excluding hydrogens is 353 g/mol. The van der Waals surface area contributed by atoms with Crippen molar-refractivity contribution in [2.45, 2.75) is 6.92 Å². The molecule has 0 saturated carbocycles. The van der Waals surface area contributed by atoms with E-state index in [0.29, 0.717) is 11.3 Å². The smallest absolute Gasteiger partial charge is 0.150 e. The first-order valence-corrected chi connectivity index (χ1v) is 3.01. The third-order valence-corrected chi connectivity index (χ3v) is 1.40. The molecule has 0 aliphatic heterocycles. The quantitative estimate of drug-likeness (QED) is 0.709. The van der Waals surface area contributed by atoms with E-state index in [2.05, 4.69) is 0 Å². The molecule has 11 heavy (non-hydrogen) atoms. The summed E-state index contributed by atoms with van der Waals surface area (Å²) in [6, 6.07) is 4.94. The monoisotopic (exact) mass is 361 g/mol. The number of aldehydes is 1. The van der Waals surface area contributed by atoms with Gasteiger partial charge in [-0.05, 0) is 12.5 Å². The zero-order valence-corrected chi connectivity index (χ0v) is 11.0. The van der Waals surface area contributed by atoms with E-state index in [0.717, 1.165) is 11.8 Å². The van der Waals surface area contributed by atoms with Gasteiger partial charge in [-0.1, -0.05) is 18.2 Å². The number of carbonyl (C=O) groups excluding carboxylic acids is 1. The fourth-order valence-electron chi connectivity index (χ4n) is 0.808. The number of hydrogen-bond acceptors (Lipinski definition) is 1. The Kier molecular flexibility index (Phi) is 4.96. The fourth-order valence-corrected chi connectivity index (χ4v) is 0.808. The van der Waals surface area contributed by atoms with Gasteiger partial charge >= 0.3 is 0 Å². The number of rotatable bonds is 1. The maximum atomic E-state index is 10.3. The van der Waals surface area contributed by atoms with E-state index in [1.807, 2.05) is 6.92 Å². The van der Waals surface area contributed by atoms with Crippen molar-refractivity contribution in [2.75, 3.05) is 0 Å². The molecule has 0 aromatic heterocycles. The summed E-state index contributed by atoms with van der Waals surface area (Å²) < 4.78 is 0. The Bertz CT molecular complexity index is 260. The second kappa shape index (κ2) is 4.90. The molecule has 55 valence electrons. The van der Waals surface area contributed by atoms with Crippen LogP contribution in [0.3, 0.4) is 0 Å². The van der Waals surface area contributed by atoms with Crippen LogP contribution in [0.2, 0.25) is 0 Å².